The zero-order valence-corrected chi connectivity index (χ0v) is 12.8. The second-order valence-corrected chi connectivity index (χ2v) is 6.37. The molecule has 4 nitrogen and oxygen atoms in total. The molecule has 0 radical (unpaired) electrons. The second kappa shape index (κ2) is 6.08. The molecule has 2 heterocycles. The van der Waals surface area contributed by atoms with Gasteiger partial charge in [0.25, 0.3) is 0 Å². The lowest BCUT2D eigenvalue weighted by molar-refractivity contribution is 0.256. The Labute approximate surface area is 124 Å². The summed E-state index contributed by atoms with van der Waals surface area (Å²) in [5, 5.41) is 1.17. The van der Waals surface area contributed by atoms with E-state index in [1.54, 1.807) is 0 Å². The van der Waals surface area contributed by atoms with Crippen molar-refractivity contribution in [3.8, 4) is 0 Å². The van der Waals surface area contributed by atoms with Crippen LogP contribution in [0.2, 0.25) is 0 Å². The van der Waals surface area contributed by atoms with Crippen LogP contribution in [0.4, 0.5) is 5.13 Å². The first kappa shape index (κ1) is 13.8. The molecule has 0 saturated carbocycles. The van der Waals surface area contributed by atoms with E-state index in [9.17, 15) is 0 Å². The quantitative estimate of drug-likeness (QED) is 0.936. The summed E-state index contributed by atoms with van der Waals surface area (Å²) < 4.78 is 1.33. The van der Waals surface area contributed by atoms with E-state index in [-0.39, 0.29) is 0 Å². The summed E-state index contributed by atoms with van der Waals surface area (Å²) >= 11 is 1.83. The normalized spacial score (nSPS) is 17.0. The Bertz CT molecular complexity index is 572. The van der Waals surface area contributed by atoms with E-state index in [1.165, 1.54) is 15.4 Å². The summed E-state index contributed by atoms with van der Waals surface area (Å²) in [5.74, 6) is 0. The maximum absolute atomic E-state index is 5.58. The third kappa shape index (κ3) is 2.80. The molecule has 2 N–H and O–H groups in total. The van der Waals surface area contributed by atoms with Crippen LogP contribution in [0.15, 0.2) is 18.2 Å². The molecule has 1 aliphatic rings. The molecule has 0 spiro atoms. The maximum Gasteiger partial charge on any atom is 0.186 e. The van der Waals surface area contributed by atoms with Crippen molar-refractivity contribution in [1.29, 1.82) is 0 Å². The van der Waals surface area contributed by atoms with Crippen molar-refractivity contribution in [3.05, 3.63) is 23.8 Å². The minimum Gasteiger partial charge on any atom is -0.345 e. The fourth-order valence-electron chi connectivity index (χ4n) is 2.69. The molecular weight excluding hydrogens is 268 g/mol. The fourth-order valence-corrected chi connectivity index (χ4v) is 3.77. The minimum atomic E-state index is 0.789. The van der Waals surface area contributed by atoms with Crippen molar-refractivity contribution >= 4 is 26.7 Å². The van der Waals surface area contributed by atoms with Gasteiger partial charge in [0.05, 0.1) is 10.2 Å². The molecule has 0 unspecified atom stereocenters. The van der Waals surface area contributed by atoms with E-state index in [0.717, 1.165) is 51.2 Å². The van der Waals surface area contributed by atoms with E-state index < -0.39 is 0 Å². The molecule has 2 aromatic rings. The molecule has 1 aromatic carbocycles. The summed E-state index contributed by atoms with van der Waals surface area (Å²) in [7, 11) is 0. The highest BCUT2D eigenvalue weighted by molar-refractivity contribution is 7.22. The topological polar surface area (TPSA) is 45.4 Å². The van der Waals surface area contributed by atoms with Crippen LogP contribution in [-0.2, 0) is 0 Å². The monoisotopic (exact) mass is 290 g/mol. The number of piperazine rings is 1. The van der Waals surface area contributed by atoms with Crippen LogP contribution in [0.1, 0.15) is 12.0 Å². The van der Waals surface area contributed by atoms with Gasteiger partial charge in [0, 0.05) is 26.2 Å². The molecule has 108 valence electrons. The number of thiazole rings is 1. The van der Waals surface area contributed by atoms with Crippen LogP contribution >= 0.6 is 11.3 Å². The molecule has 0 aliphatic carbocycles. The molecule has 0 amide bonds. The van der Waals surface area contributed by atoms with Crippen molar-refractivity contribution in [2.24, 2.45) is 5.73 Å². The number of aryl methyl sites for hydroxylation is 1. The van der Waals surface area contributed by atoms with Crippen LogP contribution in [0.25, 0.3) is 10.2 Å². The first-order chi connectivity index (χ1) is 9.78. The van der Waals surface area contributed by atoms with Gasteiger partial charge < -0.3 is 10.6 Å². The molecule has 1 saturated heterocycles. The fraction of sp³-hybridized carbons (Fsp3) is 0.533. The first-order valence-corrected chi connectivity index (χ1v) is 8.13. The van der Waals surface area contributed by atoms with Crippen molar-refractivity contribution < 1.29 is 0 Å². The van der Waals surface area contributed by atoms with E-state index >= 15 is 0 Å². The van der Waals surface area contributed by atoms with Crippen LogP contribution < -0.4 is 10.6 Å². The van der Waals surface area contributed by atoms with Crippen LogP contribution in [-0.4, -0.2) is 49.2 Å². The molecule has 0 bridgehead atoms. The number of hydrogen-bond donors (Lipinski definition) is 1. The summed E-state index contributed by atoms with van der Waals surface area (Å²) in [6.07, 6.45) is 1.10. The molecule has 1 aromatic heterocycles. The molecule has 3 rings (SSSR count). The average molecular weight is 290 g/mol. The zero-order chi connectivity index (χ0) is 13.9. The second-order valence-electron chi connectivity index (χ2n) is 5.39. The summed E-state index contributed by atoms with van der Waals surface area (Å²) in [4.78, 5) is 9.71. The van der Waals surface area contributed by atoms with Gasteiger partial charge >= 0.3 is 0 Å². The summed E-state index contributed by atoms with van der Waals surface area (Å²) in [6, 6.07) is 6.36. The SMILES string of the molecule is Cc1cccc2nc(N3CCN(CCCN)CC3)sc12. The van der Waals surface area contributed by atoms with Gasteiger partial charge in [-0.15, -0.1) is 0 Å². The first-order valence-electron chi connectivity index (χ1n) is 7.31. The molecular formula is C15H22N4S. The lowest BCUT2D eigenvalue weighted by atomic mass is 10.2. The van der Waals surface area contributed by atoms with Gasteiger partial charge in [-0.25, -0.2) is 4.98 Å². The molecule has 20 heavy (non-hydrogen) atoms. The number of fused-ring (bicyclic) bond motifs is 1. The third-order valence-corrected chi connectivity index (χ3v) is 5.19. The summed E-state index contributed by atoms with van der Waals surface area (Å²) in [5.41, 5.74) is 8.04. The Hall–Kier alpha value is -1.17. The van der Waals surface area contributed by atoms with Gasteiger partial charge in [-0.1, -0.05) is 23.5 Å². The van der Waals surface area contributed by atoms with Crippen molar-refractivity contribution in [3.63, 3.8) is 0 Å². The Balaban J connectivity index is 1.69. The van der Waals surface area contributed by atoms with Crippen molar-refractivity contribution in [2.45, 2.75) is 13.3 Å². The largest absolute Gasteiger partial charge is 0.345 e. The number of hydrogen-bond acceptors (Lipinski definition) is 5. The number of nitrogens with two attached hydrogens (primary N) is 1. The Morgan fingerprint density at radius 1 is 1.25 bits per heavy atom. The molecule has 5 heteroatoms. The van der Waals surface area contributed by atoms with Gasteiger partial charge in [-0.05, 0) is 38.1 Å². The third-order valence-electron chi connectivity index (χ3n) is 3.92. The van der Waals surface area contributed by atoms with Gasteiger partial charge in [-0.2, -0.15) is 0 Å². The highest BCUT2D eigenvalue weighted by atomic mass is 32.1. The maximum atomic E-state index is 5.58. The Morgan fingerprint density at radius 2 is 2.05 bits per heavy atom. The highest BCUT2D eigenvalue weighted by Gasteiger charge is 2.19. The molecule has 1 aliphatic heterocycles. The number of benzene rings is 1. The summed E-state index contributed by atoms with van der Waals surface area (Å²) in [6.45, 7) is 8.46. The standard InChI is InChI=1S/C15H22N4S/c1-12-4-2-5-13-14(12)20-15(17-13)19-10-8-18(9-11-19)7-3-6-16/h2,4-5H,3,6-11,16H2,1H3. The predicted octanol–water partition coefficient (Wildman–Crippen LogP) is 2.08. The Kier molecular flexibility index (Phi) is 4.19. The van der Waals surface area contributed by atoms with E-state index in [2.05, 4.69) is 34.9 Å². The average Bonchev–Trinajstić information content (AvgIpc) is 2.91. The number of rotatable bonds is 4. The predicted molar refractivity (Wildman–Crippen MR) is 86.7 cm³/mol. The van der Waals surface area contributed by atoms with Crippen molar-refractivity contribution in [1.82, 2.24) is 9.88 Å². The Morgan fingerprint density at radius 3 is 2.75 bits per heavy atom. The smallest absolute Gasteiger partial charge is 0.186 e. The van der Waals surface area contributed by atoms with Crippen LogP contribution in [0, 0.1) is 6.92 Å². The zero-order valence-electron chi connectivity index (χ0n) is 12.0. The number of anilines is 1. The molecule has 1 fully saturated rings. The van der Waals surface area contributed by atoms with Crippen LogP contribution in [0.5, 0.6) is 0 Å². The minimum absolute atomic E-state index is 0.789. The van der Waals surface area contributed by atoms with E-state index in [1.807, 2.05) is 11.3 Å². The van der Waals surface area contributed by atoms with Gasteiger partial charge in [0.1, 0.15) is 0 Å². The van der Waals surface area contributed by atoms with Crippen molar-refractivity contribution in [2.75, 3.05) is 44.2 Å². The number of nitrogens with zero attached hydrogens (tertiary/aromatic N) is 3. The van der Waals surface area contributed by atoms with E-state index in [4.69, 9.17) is 10.7 Å². The van der Waals surface area contributed by atoms with Gasteiger partial charge in [-0.3, -0.25) is 4.90 Å². The lowest BCUT2D eigenvalue weighted by Crippen LogP contribution is -2.46. The molecule has 0 atom stereocenters. The van der Waals surface area contributed by atoms with Crippen LogP contribution in [0.3, 0.4) is 0 Å². The number of aromatic nitrogens is 1. The van der Waals surface area contributed by atoms with Gasteiger partial charge in [0.15, 0.2) is 5.13 Å². The lowest BCUT2D eigenvalue weighted by Gasteiger charge is -2.34. The van der Waals surface area contributed by atoms with E-state index in [0.29, 0.717) is 0 Å². The highest BCUT2D eigenvalue weighted by Crippen LogP contribution is 2.31. The van der Waals surface area contributed by atoms with Gasteiger partial charge in [0.2, 0.25) is 0 Å².